The van der Waals surface area contributed by atoms with Crippen LogP contribution in [0.15, 0.2) is 10.9 Å². The fraction of sp³-hybridized carbons (Fsp3) is 0.500. The molecule has 1 unspecified atom stereocenters. The number of aryl methyl sites for hydroxylation is 1. The summed E-state index contributed by atoms with van der Waals surface area (Å²) in [6.07, 6.45) is 0. The van der Waals surface area contributed by atoms with Crippen molar-refractivity contribution in [3.63, 3.8) is 0 Å². The van der Waals surface area contributed by atoms with Crippen molar-refractivity contribution >= 4 is 45.3 Å². The zero-order valence-electron chi connectivity index (χ0n) is 13.9. The molecule has 3 heterocycles. The molecule has 8 heteroatoms. The molecule has 1 aromatic heterocycles. The van der Waals surface area contributed by atoms with Crippen LogP contribution in [0.5, 0.6) is 0 Å². The van der Waals surface area contributed by atoms with Crippen LogP contribution in [-0.2, 0) is 0 Å². The second-order valence-electron chi connectivity index (χ2n) is 6.74. The Hall–Kier alpha value is -1.42. The Morgan fingerprint density at radius 1 is 1.29 bits per heavy atom. The zero-order valence-corrected chi connectivity index (χ0v) is 16.0. The Morgan fingerprint density at radius 2 is 2.04 bits per heavy atom. The van der Waals surface area contributed by atoms with Gasteiger partial charge in [-0.15, -0.1) is 0 Å². The average molecular weight is 443 g/mol. The van der Waals surface area contributed by atoms with Crippen LogP contribution in [0, 0.1) is 12.7 Å². The van der Waals surface area contributed by atoms with Gasteiger partial charge in [-0.3, -0.25) is 0 Å². The van der Waals surface area contributed by atoms with Crippen LogP contribution >= 0.6 is 22.9 Å². The third-order valence-electron chi connectivity index (χ3n) is 5.03. The van der Waals surface area contributed by atoms with E-state index in [1.54, 1.807) is 13.0 Å². The van der Waals surface area contributed by atoms with Gasteiger partial charge in [-0.25, -0.2) is 12.0 Å². The molecular weight excluding hydrogens is 424 g/mol. The van der Waals surface area contributed by atoms with Gasteiger partial charge in [0, 0.05) is 33.2 Å². The van der Waals surface area contributed by atoms with E-state index in [0.717, 1.165) is 30.5 Å². The van der Waals surface area contributed by atoms with E-state index in [4.69, 9.17) is 0 Å². The van der Waals surface area contributed by atoms with Gasteiger partial charge in [0.25, 0.3) is 0 Å². The SMILES string of the molecule is Cc1cc2c3c(nc(=O)n2I)N2CCN(C)CC2CN(C)c3c1F. The lowest BCUT2D eigenvalue weighted by Gasteiger charge is -2.40. The Kier molecular flexibility index (Phi) is 3.72. The minimum atomic E-state index is -0.308. The molecule has 1 aromatic carbocycles. The molecule has 4 rings (SSSR count). The van der Waals surface area contributed by atoms with Gasteiger partial charge in [-0.05, 0) is 25.6 Å². The van der Waals surface area contributed by atoms with Crippen LogP contribution in [0.2, 0.25) is 0 Å². The molecule has 2 aliphatic heterocycles. The molecule has 0 aliphatic carbocycles. The van der Waals surface area contributed by atoms with Crippen molar-refractivity contribution in [1.82, 2.24) is 12.7 Å². The van der Waals surface area contributed by atoms with E-state index in [-0.39, 0.29) is 17.5 Å². The predicted octanol–water partition coefficient (Wildman–Crippen LogP) is 1.61. The molecule has 1 atom stereocenters. The molecule has 1 saturated heterocycles. The molecule has 0 spiro atoms. The molecule has 0 bridgehead atoms. The van der Waals surface area contributed by atoms with Crippen LogP contribution in [-0.4, -0.2) is 59.0 Å². The molecule has 0 amide bonds. The summed E-state index contributed by atoms with van der Waals surface area (Å²) in [5.74, 6) is 0.399. The maximum Gasteiger partial charge on any atom is 0.359 e. The van der Waals surface area contributed by atoms with Crippen molar-refractivity contribution in [2.75, 3.05) is 50.1 Å². The smallest absolute Gasteiger partial charge is 0.359 e. The zero-order chi connectivity index (χ0) is 17.2. The van der Waals surface area contributed by atoms with E-state index in [0.29, 0.717) is 23.6 Å². The standard InChI is InChI=1S/C16H19FIN5O/c1-9-6-11-12-14(13(9)17)21(3)8-10-7-20(2)4-5-22(10)15(12)19-16(24)23(11)18/h6,10H,4-5,7-8H2,1-3H3. The van der Waals surface area contributed by atoms with Crippen LogP contribution in [0.1, 0.15) is 5.56 Å². The number of hydrogen-bond acceptors (Lipinski definition) is 5. The van der Waals surface area contributed by atoms with Gasteiger partial charge >= 0.3 is 5.69 Å². The summed E-state index contributed by atoms with van der Waals surface area (Å²) < 4.78 is 16.5. The summed E-state index contributed by atoms with van der Waals surface area (Å²) in [6, 6.07) is 1.93. The molecule has 0 radical (unpaired) electrons. The van der Waals surface area contributed by atoms with Crippen molar-refractivity contribution < 1.29 is 4.39 Å². The average Bonchev–Trinajstić information content (AvgIpc) is 2.64. The highest BCUT2D eigenvalue weighted by Gasteiger charge is 2.35. The maximum absolute atomic E-state index is 15.0. The first-order valence-corrected chi connectivity index (χ1v) is 8.93. The lowest BCUT2D eigenvalue weighted by Crippen LogP contribution is -2.55. The number of piperazine rings is 1. The highest BCUT2D eigenvalue weighted by Crippen LogP contribution is 2.40. The van der Waals surface area contributed by atoms with Crippen molar-refractivity contribution in [3.05, 3.63) is 27.9 Å². The molecule has 1 fully saturated rings. The van der Waals surface area contributed by atoms with E-state index in [1.807, 2.05) is 34.8 Å². The molecule has 2 aliphatic rings. The minimum Gasteiger partial charge on any atom is -0.369 e. The van der Waals surface area contributed by atoms with Gasteiger partial charge in [-0.2, -0.15) is 4.98 Å². The van der Waals surface area contributed by atoms with E-state index in [2.05, 4.69) is 21.8 Å². The predicted molar refractivity (Wildman–Crippen MR) is 102 cm³/mol. The minimum absolute atomic E-state index is 0.181. The number of hydrogen-bond donors (Lipinski definition) is 0. The van der Waals surface area contributed by atoms with Crippen molar-refractivity contribution in [2.24, 2.45) is 0 Å². The summed E-state index contributed by atoms with van der Waals surface area (Å²) in [4.78, 5) is 23.1. The van der Waals surface area contributed by atoms with Gasteiger partial charge in [0.15, 0.2) is 0 Å². The molecular formula is C16H19FIN5O. The molecule has 2 aromatic rings. The summed E-state index contributed by atoms with van der Waals surface area (Å²) in [6.45, 7) is 5.00. The van der Waals surface area contributed by atoms with Gasteiger partial charge in [0.2, 0.25) is 0 Å². The van der Waals surface area contributed by atoms with Gasteiger partial charge in [0.1, 0.15) is 11.6 Å². The summed E-state index contributed by atoms with van der Waals surface area (Å²) in [5.41, 5.74) is 1.52. The number of fused-ring (bicyclic) bond motifs is 2. The quantitative estimate of drug-likeness (QED) is 0.580. The largest absolute Gasteiger partial charge is 0.369 e. The van der Waals surface area contributed by atoms with Crippen molar-refractivity contribution in [1.29, 1.82) is 0 Å². The number of likely N-dealkylation sites (N-methyl/N-ethyl adjacent to an activating group) is 2. The lowest BCUT2D eigenvalue weighted by atomic mass is 10.1. The van der Waals surface area contributed by atoms with E-state index in [1.165, 1.54) is 2.78 Å². The first-order chi connectivity index (χ1) is 11.4. The molecule has 0 saturated carbocycles. The fourth-order valence-corrected chi connectivity index (χ4v) is 4.33. The third kappa shape index (κ3) is 2.22. The topological polar surface area (TPSA) is 44.6 Å². The molecule has 0 N–H and O–H groups in total. The Bertz CT molecular complexity index is 898. The van der Waals surface area contributed by atoms with Crippen LogP contribution in [0.3, 0.4) is 0 Å². The van der Waals surface area contributed by atoms with Crippen LogP contribution < -0.4 is 15.5 Å². The Labute approximate surface area is 153 Å². The first-order valence-electron chi connectivity index (χ1n) is 7.97. The lowest BCUT2D eigenvalue weighted by molar-refractivity contribution is 0.268. The third-order valence-corrected chi connectivity index (χ3v) is 5.96. The number of rotatable bonds is 0. The summed E-state index contributed by atoms with van der Waals surface area (Å²) in [7, 11) is 4.01. The molecule has 6 nitrogen and oxygen atoms in total. The van der Waals surface area contributed by atoms with Gasteiger partial charge in [-0.1, -0.05) is 0 Å². The number of nitrogens with zero attached hydrogens (tertiary/aromatic N) is 5. The van der Waals surface area contributed by atoms with E-state index in [9.17, 15) is 9.18 Å². The number of benzene rings is 1. The van der Waals surface area contributed by atoms with Gasteiger partial charge in [0.05, 0.1) is 45.5 Å². The summed E-state index contributed by atoms with van der Waals surface area (Å²) >= 11 is 1.95. The number of aromatic nitrogens is 2. The van der Waals surface area contributed by atoms with Crippen molar-refractivity contribution in [3.8, 4) is 0 Å². The highest BCUT2D eigenvalue weighted by molar-refractivity contribution is 14.1. The molecule has 128 valence electrons. The second kappa shape index (κ2) is 5.55. The van der Waals surface area contributed by atoms with E-state index >= 15 is 0 Å². The van der Waals surface area contributed by atoms with E-state index < -0.39 is 0 Å². The van der Waals surface area contributed by atoms with Crippen molar-refractivity contribution in [2.45, 2.75) is 13.0 Å². The Morgan fingerprint density at radius 3 is 2.79 bits per heavy atom. The van der Waals surface area contributed by atoms with Crippen LogP contribution in [0.4, 0.5) is 15.9 Å². The Balaban J connectivity index is 2.10. The monoisotopic (exact) mass is 443 g/mol. The molecule has 24 heavy (non-hydrogen) atoms. The summed E-state index contributed by atoms with van der Waals surface area (Å²) in [5, 5.41) is 0.738. The fourth-order valence-electron chi connectivity index (χ4n) is 3.85. The second-order valence-corrected chi connectivity index (χ2v) is 7.70. The number of anilines is 2. The number of halogens is 2. The van der Waals surface area contributed by atoms with Crippen LogP contribution in [0.25, 0.3) is 10.9 Å². The highest BCUT2D eigenvalue weighted by atomic mass is 127. The first kappa shape index (κ1) is 16.1. The maximum atomic E-state index is 15.0. The normalized spacial score (nSPS) is 21.1. The van der Waals surface area contributed by atoms with Gasteiger partial charge < -0.3 is 14.7 Å².